The van der Waals surface area contributed by atoms with Crippen molar-refractivity contribution < 1.29 is 22.7 Å². The Labute approximate surface area is 124 Å². The van der Waals surface area contributed by atoms with Crippen LogP contribution in [0.5, 0.6) is 0 Å². The summed E-state index contributed by atoms with van der Waals surface area (Å²) in [4.78, 5) is 11.9. The first-order valence-electron chi connectivity index (χ1n) is 6.24. The van der Waals surface area contributed by atoms with Gasteiger partial charge in [0.05, 0.1) is 16.7 Å². The number of hydrogen-bond donors (Lipinski definition) is 0. The Balaban J connectivity index is 2.18. The fraction of sp³-hybridized carbons (Fsp3) is 0.125. The summed E-state index contributed by atoms with van der Waals surface area (Å²) in [5.41, 5.74) is -0.802. The zero-order valence-electron chi connectivity index (χ0n) is 11.2. The van der Waals surface area contributed by atoms with E-state index in [1.54, 1.807) is 36.4 Å². The third kappa shape index (κ3) is 3.64. The van der Waals surface area contributed by atoms with E-state index in [1.807, 2.05) is 0 Å². The van der Waals surface area contributed by atoms with Crippen LogP contribution in [0.1, 0.15) is 27.0 Å². The molecule has 0 aliphatic rings. The lowest BCUT2D eigenvalue weighted by atomic mass is 10.0. The van der Waals surface area contributed by atoms with Crippen LogP contribution in [-0.4, -0.2) is 5.97 Å². The number of ether oxygens (including phenoxy) is 1. The van der Waals surface area contributed by atoms with Gasteiger partial charge in [0.25, 0.3) is 0 Å². The van der Waals surface area contributed by atoms with Crippen LogP contribution >= 0.6 is 0 Å². The van der Waals surface area contributed by atoms with E-state index in [4.69, 9.17) is 10.00 Å². The van der Waals surface area contributed by atoms with Gasteiger partial charge in [-0.1, -0.05) is 30.3 Å². The zero-order chi connectivity index (χ0) is 16.2. The molecule has 3 nitrogen and oxygen atoms in total. The molecule has 2 aromatic rings. The number of esters is 1. The van der Waals surface area contributed by atoms with Gasteiger partial charge in [-0.25, -0.2) is 4.79 Å². The second kappa shape index (κ2) is 6.31. The number of benzene rings is 2. The summed E-state index contributed by atoms with van der Waals surface area (Å²) < 4.78 is 42.8. The molecular weight excluding hydrogens is 295 g/mol. The molecule has 0 saturated heterocycles. The molecule has 0 spiro atoms. The van der Waals surface area contributed by atoms with Crippen molar-refractivity contribution in [3.05, 3.63) is 70.8 Å². The highest BCUT2D eigenvalue weighted by Crippen LogP contribution is 2.30. The lowest BCUT2D eigenvalue weighted by molar-refractivity contribution is -0.137. The Morgan fingerprint density at radius 1 is 1.14 bits per heavy atom. The second-order valence-electron chi connectivity index (χ2n) is 4.43. The van der Waals surface area contributed by atoms with E-state index in [9.17, 15) is 18.0 Å². The van der Waals surface area contributed by atoms with E-state index in [0.717, 1.165) is 17.7 Å². The maximum atomic E-state index is 12.6. The van der Waals surface area contributed by atoms with Gasteiger partial charge in [0.2, 0.25) is 0 Å². The summed E-state index contributed by atoms with van der Waals surface area (Å²) in [6, 6.07) is 12.7. The molecular formula is C16H10F3NO2. The molecule has 6 heteroatoms. The summed E-state index contributed by atoms with van der Waals surface area (Å²) in [7, 11) is 0. The summed E-state index contributed by atoms with van der Waals surface area (Å²) in [5.74, 6) is -0.839. The molecule has 2 rings (SSSR count). The molecule has 0 amide bonds. The smallest absolute Gasteiger partial charge is 0.416 e. The molecule has 0 N–H and O–H groups in total. The van der Waals surface area contributed by atoms with Crippen LogP contribution in [0.4, 0.5) is 13.2 Å². The van der Waals surface area contributed by atoms with E-state index in [1.165, 1.54) is 0 Å². The predicted molar refractivity (Wildman–Crippen MR) is 71.7 cm³/mol. The van der Waals surface area contributed by atoms with Crippen molar-refractivity contribution in [1.29, 1.82) is 5.26 Å². The van der Waals surface area contributed by atoms with E-state index in [0.29, 0.717) is 6.07 Å². The SMILES string of the molecule is N#Cc1cc(C(F)(F)F)ccc1C(=O)OCc1ccccc1. The van der Waals surface area contributed by atoms with Crippen molar-refractivity contribution in [3.63, 3.8) is 0 Å². The van der Waals surface area contributed by atoms with Crippen LogP contribution in [0, 0.1) is 11.3 Å². The fourth-order valence-electron chi connectivity index (χ4n) is 1.79. The van der Waals surface area contributed by atoms with E-state index < -0.39 is 17.7 Å². The van der Waals surface area contributed by atoms with Crippen molar-refractivity contribution in [2.24, 2.45) is 0 Å². The number of hydrogen-bond acceptors (Lipinski definition) is 3. The van der Waals surface area contributed by atoms with Crippen molar-refractivity contribution in [2.45, 2.75) is 12.8 Å². The van der Waals surface area contributed by atoms with Gasteiger partial charge >= 0.3 is 12.1 Å². The monoisotopic (exact) mass is 305 g/mol. The molecule has 0 aromatic heterocycles. The van der Waals surface area contributed by atoms with Crippen molar-refractivity contribution in [3.8, 4) is 6.07 Å². The molecule has 0 aliphatic carbocycles. The average molecular weight is 305 g/mol. The Hall–Kier alpha value is -2.81. The number of nitriles is 1. The van der Waals surface area contributed by atoms with Crippen LogP contribution in [0.3, 0.4) is 0 Å². The topological polar surface area (TPSA) is 50.1 Å². The van der Waals surface area contributed by atoms with E-state index in [-0.39, 0.29) is 17.7 Å². The second-order valence-corrected chi connectivity index (χ2v) is 4.43. The van der Waals surface area contributed by atoms with Crippen LogP contribution in [0.2, 0.25) is 0 Å². The highest BCUT2D eigenvalue weighted by molar-refractivity contribution is 5.92. The van der Waals surface area contributed by atoms with E-state index >= 15 is 0 Å². The lowest BCUT2D eigenvalue weighted by Gasteiger charge is -2.10. The van der Waals surface area contributed by atoms with E-state index in [2.05, 4.69) is 0 Å². The van der Waals surface area contributed by atoms with Gasteiger partial charge in [-0.3, -0.25) is 0 Å². The number of rotatable bonds is 3. The predicted octanol–water partition coefficient (Wildman–Crippen LogP) is 3.93. The van der Waals surface area contributed by atoms with Gasteiger partial charge in [-0.2, -0.15) is 18.4 Å². The van der Waals surface area contributed by atoms with Gasteiger partial charge in [0.15, 0.2) is 0 Å². The highest BCUT2D eigenvalue weighted by Gasteiger charge is 2.31. The molecule has 0 radical (unpaired) electrons. The molecule has 0 bridgehead atoms. The van der Waals surface area contributed by atoms with Crippen molar-refractivity contribution in [1.82, 2.24) is 0 Å². The van der Waals surface area contributed by atoms with Crippen molar-refractivity contribution >= 4 is 5.97 Å². The normalized spacial score (nSPS) is 10.8. The molecule has 112 valence electrons. The molecule has 0 heterocycles. The lowest BCUT2D eigenvalue weighted by Crippen LogP contribution is -2.10. The third-order valence-electron chi connectivity index (χ3n) is 2.90. The minimum atomic E-state index is -4.57. The number of nitrogens with zero attached hydrogens (tertiary/aromatic N) is 1. The minimum Gasteiger partial charge on any atom is -0.457 e. The third-order valence-corrected chi connectivity index (χ3v) is 2.90. The largest absolute Gasteiger partial charge is 0.457 e. The first kappa shape index (κ1) is 15.6. The maximum Gasteiger partial charge on any atom is 0.416 e. The average Bonchev–Trinajstić information content (AvgIpc) is 2.52. The first-order chi connectivity index (χ1) is 10.4. The minimum absolute atomic E-state index is 0.0223. The number of carbonyl (C=O) groups is 1. The van der Waals surface area contributed by atoms with Gasteiger partial charge in [0, 0.05) is 0 Å². The van der Waals surface area contributed by atoms with Crippen LogP contribution in [-0.2, 0) is 17.5 Å². The summed E-state index contributed by atoms with van der Waals surface area (Å²) in [6.07, 6.45) is -4.57. The molecule has 0 unspecified atom stereocenters. The molecule has 0 fully saturated rings. The Bertz CT molecular complexity index is 718. The number of carbonyl (C=O) groups excluding carboxylic acids is 1. The fourth-order valence-corrected chi connectivity index (χ4v) is 1.79. The molecule has 0 aliphatic heterocycles. The number of alkyl halides is 3. The summed E-state index contributed by atoms with van der Waals surface area (Å²) in [6.45, 7) is -0.0223. The maximum absolute atomic E-state index is 12.6. The van der Waals surface area contributed by atoms with Gasteiger partial charge < -0.3 is 4.74 Å². The van der Waals surface area contributed by atoms with Crippen LogP contribution in [0.15, 0.2) is 48.5 Å². The quantitative estimate of drug-likeness (QED) is 0.807. The highest BCUT2D eigenvalue weighted by atomic mass is 19.4. The molecule has 22 heavy (non-hydrogen) atoms. The molecule has 0 atom stereocenters. The molecule has 0 saturated carbocycles. The number of halogens is 3. The van der Waals surface area contributed by atoms with Crippen LogP contribution < -0.4 is 0 Å². The summed E-state index contributed by atoms with van der Waals surface area (Å²) >= 11 is 0. The first-order valence-corrected chi connectivity index (χ1v) is 6.24. The Morgan fingerprint density at radius 2 is 1.82 bits per heavy atom. The van der Waals surface area contributed by atoms with Gasteiger partial charge in [0.1, 0.15) is 12.7 Å². The van der Waals surface area contributed by atoms with Crippen molar-refractivity contribution in [2.75, 3.05) is 0 Å². The zero-order valence-corrected chi connectivity index (χ0v) is 11.2. The van der Waals surface area contributed by atoms with Crippen LogP contribution in [0.25, 0.3) is 0 Å². The summed E-state index contributed by atoms with van der Waals surface area (Å²) in [5, 5.41) is 8.92. The Morgan fingerprint density at radius 3 is 2.41 bits per heavy atom. The molecule has 2 aromatic carbocycles. The van der Waals surface area contributed by atoms with Gasteiger partial charge in [-0.05, 0) is 23.8 Å². The standard InChI is InChI=1S/C16H10F3NO2/c17-16(18,19)13-6-7-14(12(8-13)9-20)15(21)22-10-11-4-2-1-3-5-11/h1-8H,10H2. The van der Waals surface area contributed by atoms with Gasteiger partial charge in [-0.15, -0.1) is 0 Å². The Kier molecular flexibility index (Phi) is 4.47.